The Morgan fingerprint density at radius 3 is 2.53 bits per heavy atom. The minimum Gasteiger partial charge on any atom is -0.491 e. The molecular formula is C25H32N2O4S. The lowest BCUT2D eigenvalue weighted by atomic mass is 9.91. The van der Waals surface area contributed by atoms with Gasteiger partial charge in [-0.25, -0.2) is 17.9 Å². The summed E-state index contributed by atoms with van der Waals surface area (Å²) in [5.74, 6) is 1.22. The summed E-state index contributed by atoms with van der Waals surface area (Å²) >= 11 is 0. The molecule has 1 N–H and O–H groups in total. The van der Waals surface area contributed by atoms with E-state index in [4.69, 9.17) is 4.74 Å². The predicted molar refractivity (Wildman–Crippen MR) is 128 cm³/mol. The number of ether oxygens (including phenoxy) is 1. The van der Waals surface area contributed by atoms with Crippen molar-refractivity contribution < 1.29 is 17.9 Å². The van der Waals surface area contributed by atoms with Crippen LogP contribution in [-0.4, -0.2) is 38.5 Å². The quantitative estimate of drug-likeness (QED) is 0.617. The lowest BCUT2D eigenvalue weighted by molar-refractivity contribution is 0.173. The SMILES string of the molecule is CC(C)Oc1cccc(/C=C/S(=O)(=O)NC(=O)N2CCC(CCc3ccccc3)CC2)c1. The molecule has 0 saturated carbocycles. The number of amides is 2. The second kappa shape index (κ2) is 11.2. The Morgan fingerprint density at radius 1 is 1.12 bits per heavy atom. The van der Waals surface area contributed by atoms with Crippen LogP contribution in [0.1, 0.15) is 44.2 Å². The van der Waals surface area contributed by atoms with Gasteiger partial charge in [-0.3, -0.25) is 0 Å². The van der Waals surface area contributed by atoms with E-state index in [9.17, 15) is 13.2 Å². The van der Waals surface area contributed by atoms with Crippen molar-refractivity contribution in [3.05, 3.63) is 71.1 Å². The van der Waals surface area contributed by atoms with Gasteiger partial charge in [0.05, 0.1) is 11.5 Å². The van der Waals surface area contributed by atoms with E-state index in [0.717, 1.165) is 31.1 Å². The highest BCUT2D eigenvalue weighted by molar-refractivity contribution is 7.93. The molecule has 32 heavy (non-hydrogen) atoms. The molecule has 0 spiro atoms. The third-order valence-electron chi connectivity index (χ3n) is 5.48. The van der Waals surface area contributed by atoms with Gasteiger partial charge in [0.15, 0.2) is 0 Å². The van der Waals surface area contributed by atoms with Gasteiger partial charge in [-0.05, 0) is 74.8 Å². The monoisotopic (exact) mass is 456 g/mol. The molecule has 0 aromatic heterocycles. The first-order chi connectivity index (χ1) is 15.3. The zero-order valence-corrected chi connectivity index (χ0v) is 19.6. The summed E-state index contributed by atoms with van der Waals surface area (Å²) in [5, 5.41) is 1.02. The zero-order valence-electron chi connectivity index (χ0n) is 18.7. The molecule has 2 aromatic carbocycles. The van der Waals surface area contributed by atoms with Crippen molar-refractivity contribution in [2.45, 2.75) is 45.6 Å². The molecule has 0 unspecified atom stereocenters. The minimum atomic E-state index is -3.89. The molecule has 3 rings (SSSR count). The van der Waals surface area contributed by atoms with Gasteiger partial charge in [0.2, 0.25) is 0 Å². The Kier molecular flexibility index (Phi) is 8.33. The topological polar surface area (TPSA) is 75.7 Å². The lowest BCUT2D eigenvalue weighted by Crippen LogP contribution is -2.46. The number of carbonyl (C=O) groups is 1. The molecule has 0 radical (unpaired) electrons. The van der Waals surface area contributed by atoms with Gasteiger partial charge in [-0.2, -0.15) is 0 Å². The average Bonchev–Trinajstić information content (AvgIpc) is 2.77. The molecule has 7 heteroatoms. The number of hydrogen-bond acceptors (Lipinski definition) is 4. The number of nitrogens with zero attached hydrogens (tertiary/aromatic N) is 1. The lowest BCUT2D eigenvalue weighted by Gasteiger charge is -2.31. The van der Waals surface area contributed by atoms with Crippen LogP contribution in [0.5, 0.6) is 5.75 Å². The highest BCUT2D eigenvalue weighted by atomic mass is 32.2. The van der Waals surface area contributed by atoms with Crippen molar-refractivity contribution in [2.75, 3.05) is 13.1 Å². The van der Waals surface area contributed by atoms with Crippen molar-refractivity contribution in [1.82, 2.24) is 9.62 Å². The first-order valence-corrected chi connectivity index (χ1v) is 12.7. The number of nitrogens with one attached hydrogen (secondary N) is 1. The Labute approximate surface area is 191 Å². The summed E-state index contributed by atoms with van der Waals surface area (Å²) in [6, 6.07) is 17.0. The van der Waals surface area contributed by atoms with Gasteiger partial charge < -0.3 is 9.64 Å². The standard InChI is InChI=1S/C25H32N2O4S/c1-20(2)31-24-10-6-9-23(19-24)15-18-32(29,30)26-25(28)27-16-13-22(14-17-27)12-11-21-7-4-3-5-8-21/h3-10,15,18-20,22H,11-14,16-17H2,1-2H3,(H,26,28)/b18-15+. The number of carbonyl (C=O) groups excluding carboxylic acids is 1. The highest BCUT2D eigenvalue weighted by Crippen LogP contribution is 2.22. The summed E-state index contributed by atoms with van der Waals surface area (Å²) in [4.78, 5) is 14.1. The highest BCUT2D eigenvalue weighted by Gasteiger charge is 2.24. The first kappa shape index (κ1) is 23.9. The van der Waals surface area contributed by atoms with Crippen LogP contribution < -0.4 is 9.46 Å². The largest absolute Gasteiger partial charge is 0.491 e. The third kappa shape index (κ3) is 7.71. The normalized spacial score (nSPS) is 15.3. The molecule has 1 heterocycles. The van der Waals surface area contributed by atoms with Crippen LogP contribution in [0.15, 0.2) is 60.0 Å². The van der Waals surface area contributed by atoms with E-state index in [1.807, 2.05) is 38.1 Å². The molecule has 0 bridgehead atoms. The molecule has 6 nitrogen and oxygen atoms in total. The summed E-state index contributed by atoms with van der Waals surface area (Å²) in [7, 11) is -3.89. The average molecular weight is 457 g/mol. The fourth-order valence-electron chi connectivity index (χ4n) is 3.79. The predicted octanol–water partition coefficient (Wildman–Crippen LogP) is 4.83. The van der Waals surface area contributed by atoms with E-state index in [2.05, 4.69) is 16.9 Å². The number of aryl methyl sites for hydroxylation is 1. The minimum absolute atomic E-state index is 0.0275. The van der Waals surface area contributed by atoms with Crippen LogP contribution in [0.4, 0.5) is 4.79 Å². The number of hydrogen-bond donors (Lipinski definition) is 1. The number of sulfonamides is 1. The summed E-state index contributed by atoms with van der Waals surface area (Å²) < 4.78 is 32.5. The molecule has 1 fully saturated rings. The Balaban J connectivity index is 1.47. The zero-order chi connectivity index (χ0) is 23.0. The van der Waals surface area contributed by atoms with Crippen molar-refractivity contribution in [1.29, 1.82) is 0 Å². The molecule has 1 saturated heterocycles. The van der Waals surface area contributed by atoms with Crippen molar-refractivity contribution in [3.8, 4) is 5.75 Å². The van der Waals surface area contributed by atoms with E-state index in [0.29, 0.717) is 30.3 Å². The van der Waals surface area contributed by atoms with Crippen molar-refractivity contribution in [2.24, 2.45) is 5.92 Å². The number of benzene rings is 2. The van der Waals surface area contributed by atoms with Crippen LogP contribution >= 0.6 is 0 Å². The fraction of sp³-hybridized carbons (Fsp3) is 0.400. The van der Waals surface area contributed by atoms with Gasteiger partial charge in [-0.1, -0.05) is 42.5 Å². The van der Waals surface area contributed by atoms with Crippen LogP contribution in [0.2, 0.25) is 0 Å². The van der Waals surface area contributed by atoms with Crippen LogP contribution in [0.3, 0.4) is 0 Å². The van der Waals surface area contributed by atoms with Gasteiger partial charge in [0.25, 0.3) is 10.0 Å². The van der Waals surface area contributed by atoms with Gasteiger partial charge >= 0.3 is 6.03 Å². The Morgan fingerprint density at radius 2 is 1.84 bits per heavy atom. The number of likely N-dealkylation sites (tertiary alicyclic amines) is 1. The third-order valence-corrected chi connectivity index (χ3v) is 6.44. The molecule has 2 amide bonds. The number of urea groups is 1. The molecule has 2 aromatic rings. The smallest absolute Gasteiger partial charge is 0.331 e. The van der Waals surface area contributed by atoms with E-state index in [-0.39, 0.29) is 6.10 Å². The summed E-state index contributed by atoms with van der Waals surface area (Å²) in [5.41, 5.74) is 2.01. The summed E-state index contributed by atoms with van der Waals surface area (Å²) in [6.07, 6.45) is 5.37. The number of rotatable bonds is 8. The van der Waals surface area contributed by atoms with Gasteiger partial charge in [0.1, 0.15) is 5.75 Å². The first-order valence-electron chi connectivity index (χ1n) is 11.1. The second-order valence-electron chi connectivity index (χ2n) is 8.45. The van der Waals surface area contributed by atoms with Crippen molar-refractivity contribution >= 4 is 22.1 Å². The van der Waals surface area contributed by atoms with Crippen molar-refractivity contribution in [3.63, 3.8) is 0 Å². The molecule has 0 atom stereocenters. The maximum Gasteiger partial charge on any atom is 0.331 e. The van der Waals surface area contributed by atoms with E-state index in [1.54, 1.807) is 23.1 Å². The van der Waals surface area contributed by atoms with E-state index >= 15 is 0 Å². The Hall–Kier alpha value is -2.80. The molecular weight excluding hydrogens is 424 g/mol. The fourth-order valence-corrected chi connectivity index (χ4v) is 4.57. The maximum absolute atomic E-state index is 12.5. The van der Waals surface area contributed by atoms with E-state index in [1.165, 1.54) is 11.6 Å². The molecule has 1 aliphatic rings. The second-order valence-corrected chi connectivity index (χ2v) is 10.0. The molecule has 1 aliphatic heterocycles. The number of piperidine rings is 1. The maximum atomic E-state index is 12.5. The van der Waals surface area contributed by atoms with Crippen LogP contribution in [0.25, 0.3) is 6.08 Å². The van der Waals surface area contributed by atoms with Gasteiger partial charge in [0, 0.05) is 13.1 Å². The van der Waals surface area contributed by atoms with E-state index < -0.39 is 16.1 Å². The van der Waals surface area contributed by atoms with Crippen LogP contribution in [0, 0.1) is 5.92 Å². The molecule has 0 aliphatic carbocycles. The van der Waals surface area contributed by atoms with Gasteiger partial charge in [-0.15, -0.1) is 0 Å². The molecule has 172 valence electrons. The Bertz CT molecular complexity index is 1010. The van der Waals surface area contributed by atoms with Crippen LogP contribution in [-0.2, 0) is 16.4 Å². The summed E-state index contributed by atoms with van der Waals surface area (Å²) in [6.45, 7) is 4.99.